The van der Waals surface area contributed by atoms with Crippen LogP contribution < -0.4 is 0 Å². The number of aromatic nitrogens is 2. The zero-order valence-corrected chi connectivity index (χ0v) is 20.2. The fraction of sp³-hybridized carbons (Fsp3) is 0.815. The van der Waals surface area contributed by atoms with Gasteiger partial charge in [-0.1, -0.05) is 13.8 Å². The molecule has 5 nitrogen and oxygen atoms in total. The number of rotatable bonds is 3. The zero-order chi connectivity index (χ0) is 22.9. The molecule has 1 N–H and O–H groups in total. The van der Waals surface area contributed by atoms with Gasteiger partial charge in [0.15, 0.2) is 5.78 Å². The van der Waals surface area contributed by atoms with E-state index in [-0.39, 0.29) is 17.4 Å². The molecule has 0 aliphatic heterocycles. The summed E-state index contributed by atoms with van der Waals surface area (Å²) in [5, 5.41) is 24.1. The molecule has 0 radical (unpaired) electrons. The first-order chi connectivity index (χ1) is 15.1. The molecule has 1 unspecified atom stereocenters. The minimum Gasteiger partial charge on any atom is -0.390 e. The quantitative estimate of drug-likeness (QED) is 0.696. The third-order valence-electron chi connectivity index (χ3n) is 10.8. The smallest absolute Gasteiger partial charge is 0.160 e. The lowest BCUT2D eigenvalue weighted by Gasteiger charge is -2.61. The van der Waals surface area contributed by atoms with Crippen molar-refractivity contribution in [3.8, 4) is 6.07 Å². The second-order valence-corrected chi connectivity index (χ2v) is 12.4. The number of carbonyl (C=O) groups is 1. The Balaban J connectivity index is 1.36. The van der Waals surface area contributed by atoms with Gasteiger partial charge < -0.3 is 5.11 Å². The Morgan fingerprint density at radius 3 is 2.59 bits per heavy atom. The number of carbonyl (C=O) groups excluding carboxylic acids is 1. The highest BCUT2D eigenvalue weighted by Gasteiger charge is 2.62. The number of nitriles is 1. The molecule has 1 aromatic heterocycles. The van der Waals surface area contributed by atoms with E-state index in [1.54, 1.807) is 17.1 Å². The predicted molar refractivity (Wildman–Crippen MR) is 123 cm³/mol. The van der Waals surface area contributed by atoms with Crippen LogP contribution in [-0.2, 0) is 4.79 Å². The van der Waals surface area contributed by atoms with E-state index in [1.165, 1.54) is 25.7 Å². The molecule has 4 saturated carbocycles. The molecular formula is C27H39N3O2. The van der Waals surface area contributed by atoms with E-state index in [4.69, 9.17) is 5.26 Å². The molecule has 1 aromatic rings. The summed E-state index contributed by atoms with van der Waals surface area (Å²) in [6, 6.07) is 1.80. The first kappa shape index (κ1) is 22.1. The van der Waals surface area contributed by atoms with Crippen LogP contribution in [0.1, 0.15) is 97.1 Å². The van der Waals surface area contributed by atoms with E-state index in [2.05, 4.69) is 25.0 Å². The summed E-state index contributed by atoms with van der Waals surface area (Å²) < 4.78 is 1.68. The van der Waals surface area contributed by atoms with Gasteiger partial charge in [0.05, 0.1) is 17.4 Å². The number of fused-ring (bicyclic) bond motifs is 5. The fourth-order valence-corrected chi connectivity index (χ4v) is 8.93. The maximum atomic E-state index is 13.7. The van der Waals surface area contributed by atoms with E-state index in [0.717, 1.165) is 43.9 Å². The summed E-state index contributed by atoms with van der Waals surface area (Å²) in [5.41, 5.74) is 0.460. The number of nitrogens with zero attached hydrogens (tertiary/aromatic N) is 3. The van der Waals surface area contributed by atoms with Crippen molar-refractivity contribution in [3.63, 3.8) is 0 Å². The average molecular weight is 438 g/mol. The standard InChI is InChI=1S/C27H39N3O2/c1-17(30-16-18(14-28)15-29-30)24(31)23-8-7-21-20-6-5-19-13-25(2,32)11-12-26(19,3)22(20)9-10-27(21,23)4/h15-17,19-23,32H,5-13H2,1-4H3/t17-,19+,20+,21+,22+,23-,25-,26+,27?/m1/s1. The minimum absolute atomic E-state index is 0.0844. The molecule has 174 valence electrons. The Kier molecular flexibility index (Phi) is 5.13. The van der Waals surface area contributed by atoms with Crippen LogP contribution in [0.5, 0.6) is 0 Å². The van der Waals surface area contributed by atoms with E-state index in [9.17, 15) is 9.90 Å². The normalized spacial score (nSPS) is 46.4. The lowest BCUT2D eigenvalue weighted by atomic mass is 9.44. The van der Waals surface area contributed by atoms with Crippen molar-refractivity contribution in [2.24, 2.45) is 40.4 Å². The second-order valence-electron chi connectivity index (χ2n) is 12.4. The third-order valence-corrected chi connectivity index (χ3v) is 10.8. The third kappa shape index (κ3) is 3.20. The molecule has 5 heteroatoms. The van der Waals surface area contributed by atoms with E-state index in [0.29, 0.717) is 28.6 Å². The molecule has 5 rings (SSSR count). The van der Waals surface area contributed by atoms with Crippen molar-refractivity contribution >= 4 is 5.78 Å². The van der Waals surface area contributed by atoms with E-state index >= 15 is 0 Å². The zero-order valence-electron chi connectivity index (χ0n) is 20.2. The molecule has 4 aliphatic rings. The monoisotopic (exact) mass is 437 g/mol. The van der Waals surface area contributed by atoms with Gasteiger partial charge in [0.2, 0.25) is 0 Å². The summed E-state index contributed by atoms with van der Waals surface area (Å²) in [6.45, 7) is 8.90. The second kappa shape index (κ2) is 7.42. The van der Waals surface area contributed by atoms with Crippen molar-refractivity contribution in [2.45, 2.75) is 97.1 Å². The van der Waals surface area contributed by atoms with Crippen molar-refractivity contribution in [3.05, 3.63) is 18.0 Å². The molecule has 4 aliphatic carbocycles. The van der Waals surface area contributed by atoms with Crippen molar-refractivity contribution in [2.75, 3.05) is 0 Å². The Hall–Kier alpha value is -1.67. The summed E-state index contributed by atoms with van der Waals surface area (Å²) >= 11 is 0. The highest BCUT2D eigenvalue weighted by atomic mass is 16.3. The number of hydrogen-bond acceptors (Lipinski definition) is 4. The molecule has 0 aromatic carbocycles. The molecule has 0 bridgehead atoms. The van der Waals surface area contributed by atoms with Gasteiger partial charge in [0.25, 0.3) is 0 Å². The minimum atomic E-state index is -0.487. The van der Waals surface area contributed by atoms with Gasteiger partial charge in [-0.15, -0.1) is 0 Å². The van der Waals surface area contributed by atoms with Crippen LogP contribution in [0.3, 0.4) is 0 Å². The van der Waals surface area contributed by atoms with Gasteiger partial charge in [-0.25, -0.2) is 0 Å². The van der Waals surface area contributed by atoms with Crippen molar-refractivity contribution in [1.82, 2.24) is 9.78 Å². The molecule has 0 saturated heterocycles. The highest BCUT2D eigenvalue weighted by Crippen LogP contribution is 2.68. The molecular weight excluding hydrogens is 398 g/mol. The average Bonchev–Trinajstić information content (AvgIpc) is 3.37. The van der Waals surface area contributed by atoms with Gasteiger partial charge in [-0.3, -0.25) is 9.48 Å². The molecule has 0 amide bonds. The number of aliphatic hydroxyl groups is 1. The van der Waals surface area contributed by atoms with Gasteiger partial charge in [-0.2, -0.15) is 10.4 Å². The van der Waals surface area contributed by atoms with Crippen LogP contribution in [0.2, 0.25) is 0 Å². The highest BCUT2D eigenvalue weighted by molar-refractivity contribution is 5.85. The first-order valence-corrected chi connectivity index (χ1v) is 12.8. The molecule has 1 heterocycles. The fourth-order valence-electron chi connectivity index (χ4n) is 8.93. The molecule has 0 spiro atoms. The SMILES string of the molecule is C[C@H](C(=O)[C@H]1CC[C@H]2[C@@H]3CC[C@H]4C[C@](C)(O)CC[C@]4(C)[C@H]3CCC12C)n1cc(C#N)cn1. The van der Waals surface area contributed by atoms with Crippen LogP contribution in [0, 0.1) is 51.8 Å². The Bertz CT molecular complexity index is 945. The van der Waals surface area contributed by atoms with Gasteiger partial charge in [0, 0.05) is 12.1 Å². The Morgan fingerprint density at radius 2 is 1.88 bits per heavy atom. The van der Waals surface area contributed by atoms with Crippen LogP contribution in [0.4, 0.5) is 0 Å². The predicted octanol–water partition coefficient (Wildman–Crippen LogP) is 5.29. The Labute approximate surface area is 192 Å². The van der Waals surface area contributed by atoms with Crippen LogP contribution in [-0.4, -0.2) is 26.3 Å². The molecule has 32 heavy (non-hydrogen) atoms. The summed E-state index contributed by atoms with van der Waals surface area (Å²) in [6.07, 6.45) is 13.3. The van der Waals surface area contributed by atoms with Crippen molar-refractivity contribution in [1.29, 1.82) is 5.26 Å². The van der Waals surface area contributed by atoms with Gasteiger partial charge >= 0.3 is 0 Å². The Morgan fingerprint density at radius 1 is 1.12 bits per heavy atom. The molecule has 9 atom stereocenters. The summed E-state index contributed by atoms with van der Waals surface area (Å²) in [5.74, 6) is 3.14. The summed E-state index contributed by atoms with van der Waals surface area (Å²) in [7, 11) is 0. The topological polar surface area (TPSA) is 78.9 Å². The van der Waals surface area contributed by atoms with Gasteiger partial charge in [0.1, 0.15) is 12.1 Å². The number of hydrogen-bond donors (Lipinski definition) is 1. The van der Waals surface area contributed by atoms with E-state index < -0.39 is 5.60 Å². The lowest BCUT2D eigenvalue weighted by Crippen LogP contribution is -2.55. The molecule has 4 fully saturated rings. The van der Waals surface area contributed by atoms with Crippen molar-refractivity contribution < 1.29 is 9.90 Å². The van der Waals surface area contributed by atoms with Gasteiger partial charge in [-0.05, 0) is 106 Å². The maximum Gasteiger partial charge on any atom is 0.160 e. The number of ketones is 1. The largest absolute Gasteiger partial charge is 0.390 e. The number of Topliss-reactive ketones (excluding diaryl/α,β-unsaturated/α-hetero) is 1. The first-order valence-electron chi connectivity index (χ1n) is 12.8. The van der Waals surface area contributed by atoms with Crippen LogP contribution in [0.25, 0.3) is 0 Å². The van der Waals surface area contributed by atoms with Crippen LogP contribution >= 0.6 is 0 Å². The lowest BCUT2D eigenvalue weighted by molar-refractivity contribution is -0.151. The van der Waals surface area contributed by atoms with E-state index in [1.807, 2.05) is 13.8 Å². The van der Waals surface area contributed by atoms with Crippen LogP contribution in [0.15, 0.2) is 12.4 Å². The maximum absolute atomic E-state index is 13.7. The summed E-state index contributed by atoms with van der Waals surface area (Å²) in [4.78, 5) is 13.7.